The standard InChI is InChI=1S/C18H21NO2/c1-20-17-8-4-3-6-13(17)12-16-14-7-5-9-18(21-2)15(14)10-11-19-16/h3-9,16,19H,10-12H2,1-2H3. The number of ether oxygens (including phenoxy) is 2. The Morgan fingerprint density at radius 3 is 2.57 bits per heavy atom. The predicted octanol–water partition coefficient (Wildman–Crippen LogP) is 3.13. The van der Waals surface area contributed by atoms with E-state index in [9.17, 15) is 0 Å². The van der Waals surface area contributed by atoms with Crippen LogP contribution >= 0.6 is 0 Å². The van der Waals surface area contributed by atoms with E-state index in [4.69, 9.17) is 9.47 Å². The molecule has 1 unspecified atom stereocenters. The summed E-state index contributed by atoms with van der Waals surface area (Å²) in [6.07, 6.45) is 1.94. The van der Waals surface area contributed by atoms with E-state index in [1.54, 1.807) is 14.2 Å². The summed E-state index contributed by atoms with van der Waals surface area (Å²) >= 11 is 0. The van der Waals surface area contributed by atoms with Gasteiger partial charge in [-0.1, -0.05) is 30.3 Å². The molecule has 0 spiro atoms. The van der Waals surface area contributed by atoms with Gasteiger partial charge in [-0.05, 0) is 42.6 Å². The molecule has 0 aliphatic carbocycles. The number of para-hydroxylation sites is 1. The van der Waals surface area contributed by atoms with Gasteiger partial charge >= 0.3 is 0 Å². The minimum absolute atomic E-state index is 0.306. The number of hydrogen-bond donors (Lipinski definition) is 1. The Kier molecular flexibility index (Phi) is 4.11. The summed E-state index contributed by atoms with van der Waals surface area (Å²) in [5, 5.41) is 3.62. The fourth-order valence-electron chi connectivity index (χ4n) is 3.12. The Labute approximate surface area is 125 Å². The first-order valence-electron chi connectivity index (χ1n) is 7.34. The summed E-state index contributed by atoms with van der Waals surface area (Å²) < 4.78 is 11.0. The van der Waals surface area contributed by atoms with Crippen LogP contribution in [0.2, 0.25) is 0 Å². The van der Waals surface area contributed by atoms with Gasteiger partial charge in [-0.3, -0.25) is 0 Å². The first kappa shape index (κ1) is 14.0. The minimum Gasteiger partial charge on any atom is -0.496 e. The zero-order chi connectivity index (χ0) is 14.7. The maximum absolute atomic E-state index is 5.50. The smallest absolute Gasteiger partial charge is 0.122 e. The van der Waals surface area contributed by atoms with Crippen LogP contribution < -0.4 is 14.8 Å². The molecule has 2 aromatic rings. The number of hydrogen-bond acceptors (Lipinski definition) is 3. The highest BCUT2D eigenvalue weighted by Crippen LogP contribution is 2.33. The largest absolute Gasteiger partial charge is 0.496 e. The van der Waals surface area contributed by atoms with Crippen LogP contribution in [-0.2, 0) is 12.8 Å². The molecule has 110 valence electrons. The van der Waals surface area contributed by atoms with Crippen molar-refractivity contribution in [1.82, 2.24) is 5.32 Å². The summed E-state index contributed by atoms with van der Waals surface area (Å²) in [6.45, 7) is 0.979. The van der Waals surface area contributed by atoms with Crippen LogP contribution in [0.1, 0.15) is 22.7 Å². The normalized spacial score (nSPS) is 17.1. The van der Waals surface area contributed by atoms with E-state index in [0.717, 1.165) is 30.9 Å². The summed E-state index contributed by atoms with van der Waals surface area (Å²) in [7, 11) is 3.47. The lowest BCUT2D eigenvalue weighted by atomic mass is 9.89. The molecule has 1 aliphatic rings. The van der Waals surface area contributed by atoms with Crippen LogP contribution in [-0.4, -0.2) is 20.8 Å². The molecular weight excluding hydrogens is 262 g/mol. The van der Waals surface area contributed by atoms with Crippen LogP contribution in [0.4, 0.5) is 0 Å². The van der Waals surface area contributed by atoms with E-state index in [2.05, 4.69) is 29.6 Å². The van der Waals surface area contributed by atoms with Crippen LogP contribution in [0.15, 0.2) is 42.5 Å². The highest BCUT2D eigenvalue weighted by Gasteiger charge is 2.23. The maximum atomic E-state index is 5.50. The lowest BCUT2D eigenvalue weighted by molar-refractivity contribution is 0.395. The molecule has 3 nitrogen and oxygen atoms in total. The summed E-state index contributed by atoms with van der Waals surface area (Å²) in [6, 6.07) is 14.8. The molecule has 1 heterocycles. The van der Waals surface area contributed by atoms with Gasteiger partial charge < -0.3 is 14.8 Å². The molecule has 0 bridgehead atoms. The number of rotatable bonds is 4. The summed E-state index contributed by atoms with van der Waals surface area (Å²) in [5.74, 6) is 1.95. The van der Waals surface area contributed by atoms with Crippen molar-refractivity contribution >= 4 is 0 Å². The SMILES string of the molecule is COc1ccccc1CC1NCCc2c(OC)cccc21. The maximum Gasteiger partial charge on any atom is 0.122 e. The molecule has 1 atom stereocenters. The third-order valence-electron chi connectivity index (χ3n) is 4.15. The molecule has 0 radical (unpaired) electrons. The van der Waals surface area contributed by atoms with Crippen molar-refractivity contribution in [3.05, 3.63) is 59.2 Å². The predicted molar refractivity (Wildman–Crippen MR) is 84.1 cm³/mol. The number of benzene rings is 2. The van der Waals surface area contributed by atoms with Gasteiger partial charge in [0.25, 0.3) is 0 Å². The van der Waals surface area contributed by atoms with Crippen LogP contribution in [0, 0.1) is 0 Å². The Hall–Kier alpha value is -2.00. The van der Waals surface area contributed by atoms with Gasteiger partial charge in [0.05, 0.1) is 14.2 Å². The first-order chi connectivity index (χ1) is 10.3. The second kappa shape index (κ2) is 6.19. The molecule has 0 aromatic heterocycles. The van der Waals surface area contributed by atoms with E-state index < -0.39 is 0 Å². The fraction of sp³-hybridized carbons (Fsp3) is 0.333. The number of methoxy groups -OCH3 is 2. The van der Waals surface area contributed by atoms with E-state index >= 15 is 0 Å². The third kappa shape index (κ3) is 2.74. The minimum atomic E-state index is 0.306. The fourth-order valence-corrected chi connectivity index (χ4v) is 3.12. The Bertz CT molecular complexity index is 624. The van der Waals surface area contributed by atoms with Gasteiger partial charge in [-0.15, -0.1) is 0 Å². The van der Waals surface area contributed by atoms with E-state index in [0.29, 0.717) is 6.04 Å². The van der Waals surface area contributed by atoms with Crippen molar-refractivity contribution in [3.63, 3.8) is 0 Å². The van der Waals surface area contributed by atoms with Crippen molar-refractivity contribution in [2.24, 2.45) is 0 Å². The van der Waals surface area contributed by atoms with Gasteiger partial charge in [0.15, 0.2) is 0 Å². The van der Waals surface area contributed by atoms with Crippen LogP contribution in [0.3, 0.4) is 0 Å². The average molecular weight is 283 g/mol. The van der Waals surface area contributed by atoms with E-state index in [1.807, 2.05) is 18.2 Å². The number of fused-ring (bicyclic) bond motifs is 1. The van der Waals surface area contributed by atoms with Crippen molar-refractivity contribution < 1.29 is 9.47 Å². The van der Waals surface area contributed by atoms with Crippen molar-refractivity contribution in [2.75, 3.05) is 20.8 Å². The second-order valence-corrected chi connectivity index (χ2v) is 5.30. The van der Waals surface area contributed by atoms with Gasteiger partial charge in [-0.25, -0.2) is 0 Å². The molecule has 0 fully saturated rings. The molecule has 0 saturated heterocycles. The summed E-state index contributed by atoms with van der Waals surface area (Å²) in [5.41, 5.74) is 3.90. The second-order valence-electron chi connectivity index (χ2n) is 5.30. The molecule has 0 amide bonds. The van der Waals surface area contributed by atoms with Gasteiger partial charge in [-0.2, -0.15) is 0 Å². The monoisotopic (exact) mass is 283 g/mol. The molecule has 1 N–H and O–H groups in total. The zero-order valence-electron chi connectivity index (χ0n) is 12.6. The summed E-state index contributed by atoms with van der Waals surface area (Å²) in [4.78, 5) is 0. The van der Waals surface area contributed by atoms with Gasteiger partial charge in [0.2, 0.25) is 0 Å². The number of nitrogens with one attached hydrogen (secondary N) is 1. The highest BCUT2D eigenvalue weighted by atomic mass is 16.5. The lowest BCUT2D eigenvalue weighted by Gasteiger charge is -2.28. The zero-order valence-corrected chi connectivity index (χ0v) is 12.6. The average Bonchev–Trinajstić information content (AvgIpc) is 2.55. The van der Waals surface area contributed by atoms with Gasteiger partial charge in [0.1, 0.15) is 11.5 Å². The molecule has 2 aromatic carbocycles. The van der Waals surface area contributed by atoms with Crippen LogP contribution in [0.5, 0.6) is 11.5 Å². The molecule has 0 saturated carbocycles. The molecule has 1 aliphatic heterocycles. The Morgan fingerprint density at radius 2 is 1.76 bits per heavy atom. The topological polar surface area (TPSA) is 30.5 Å². The third-order valence-corrected chi connectivity index (χ3v) is 4.15. The van der Waals surface area contributed by atoms with E-state index in [-0.39, 0.29) is 0 Å². The lowest BCUT2D eigenvalue weighted by Crippen LogP contribution is -2.31. The Balaban J connectivity index is 1.92. The van der Waals surface area contributed by atoms with Crippen molar-refractivity contribution in [3.8, 4) is 11.5 Å². The molecular formula is C18H21NO2. The van der Waals surface area contributed by atoms with E-state index in [1.165, 1.54) is 16.7 Å². The van der Waals surface area contributed by atoms with Crippen molar-refractivity contribution in [2.45, 2.75) is 18.9 Å². The molecule has 21 heavy (non-hydrogen) atoms. The van der Waals surface area contributed by atoms with Crippen molar-refractivity contribution in [1.29, 1.82) is 0 Å². The van der Waals surface area contributed by atoms with Gasteiger partial charge in [0, 0.05) is 11.6 Å². The Morgan fingerprint density at radius 1 is 1.00 bits per heavy atom. The highest BCUT2D eigenvalue weighted by molar-refractivity contribution is 5.45. The quantitative estimate of drug-likeness (QED) is 0.935. The molecule has 3 rings (SSSR count). The first-order valence-corrected chi connectivity index (χ1v) is 7.34. The molecule has 3 heteroatoms. The van der Waals surface area contributed by atoms with Crippen LogP contribution in [0.25, 0.3) is 0 Å².